The highest BCUT2D eigenvalue weighted by Gasteiger charge is 2.04. The lowest BCUT2D eigenvalue weighted by Crippen LogP contribution is -1.98. The highest BCUT2D eigenvalue weighted by Crippen LogP contribution is 2.25. The molecule has 0 N–H and O–H groups in total. The van der Waals surface area contributed by atoms with Gasteiger partial charge in [-0.25, -0.2) is 0 Å². The fourth-order valence-corrected chi connectivity index (χ4v) is 2.04. The lowest BCUT2D eigenvalue weighted by atomic mass is 10.2. The molecule has 2 aromatic carbocycles. The first kappa shape index (κ1) is 13.0. The van der Waals surface area contributed by atoms with Crippen LogP contribution in [0.4, 0.5) is 0 Å². The molecule has 0 aliphatic carbocycles. The highest BCUT2D eigenvalue weighted by molar-refractivity contribution is 9.10. The van der Waals surface area contributed by atoms with Gasteiger partial charge < -0.3 is 9.47 Å². The van der Waals surface area contributed by atoms with Crippen molar-refractivity contribution in [2.24, 2.45) is 0 Å². The van der Waals surface area contributed by atoms with Gasteiger partial charge in [-0.2, -0.15) is 0 Å². The van der Waals surface area contributed by atoms with Crippen LogP contribution in [-0.4, -0.2) is 7.11 Å². The molecule has 18 heavy (non-hydrogen) atoms. The monoisotopic (exact) mass is 306 g/mol. The maximum Gasteiger partial charge on any atom is 0.126 e. The van der Waals surface area contributed by atoms with Gasteiger partial charge in [0, 0.05) is 10.0 Å². The van der Waals surface area contributed by atoms with Gasteiger partial charge in [0.05, 0.1) is 7.11 Å². The summed E-state index contributed by atoms with van der Waals surface area (Å²) in [5.74, 6) is 1.71. The number of hydrogen-bond acceptors (Lipinski definition) is 2. The number of benzene rings is 2. The second kappa shape index (κ2) is 5.91. The van der Waals surface area contributed by atoms with Crippen molar-refractivity contribution in [3.8, 4) is 11.5 Å². The molecule has 0 saturated heterocycles. The van der Waals surface area contributed by atoms with Gasteiger partial charge in [0.15, 0.2) is 0 Å². The topological polar surface area (TPSA) is 18.5 Å². The van der Waals surface area contributed by atoms with Crippen LogP contribution in [0.1, 0.15) is 11.1 Å². The van der Waals surface area contributed by atoms with Crippen molar-refractivity contribution >= 4 is 15.9 Å². The molecular formula is C15H15BrO2. The normalized spacial score (nSPS) is 10.2. The van der Waals surface area contributed by atoms with Crippen LogP contribution < -0.4 is 9.47 Å². The van der Waals surface area contributed by atoms with E-state index in [9.17, 15) is 0 Å². The zero-order valence-electron chi connectivity index (χ0n) is 10.4. The first-order valence-electron chi connectivity index (χ1n) is 5.71. The van der Waals surface area contributed by atoms with Gasteiger partial charge in [0.25, 0.3) is 0 Å². The van der Waals surface area contributed by atoms with Crippen LogP contribution >= 0.6 is 15.9 Å². The second-order valence-corrected chi connectivity index (χ2v) is 4.98. The first-order valence-corrected chi connectivity index (χ1v) is 6.50. The molecule has 0 amide bonds. The van der Waals surface area contributed by atoms with E-state index in [2.05, 4.69) is 15.9 Å². The summed E-state index contributed by atoms with van der Waals surface area (Å²) in [6.07, 6.45) is 0. The predicted octanol–water partition coefficient (Wildman–Crippen LogP) is 4.35. The molecule has 2 rings (SSSR count). The van der Waals surface area contributed by atoms with E-state index in [1.54, 1.807) is 7.11 Å². The lowest BCUT2D eigenvalue weighted by molar-refractivity contribution is 0.296. The Morgan fingerprint density at radius 3 is 2.67 bits per heavy atom. The van der Waals surface area contributed by atoms with Crippen LogP contribution in [0.2, 0.25) is 0 Å². The quantitative estimate of drug-likeness (QED) is 0.836. The summed E-state index contributed by atoms with van der Waals surface area (Å²) in [6.45, 7) is 2.55. The van der Waals surface area contributed by atoms with Crippen LogP contribution in [0.3, 0.4) is 0 Å². The minimum absolute atomic E-state index is 0.500. The molecule has 0 bridgehead atoms. The van der Waals surface area contributed by atoms with E-state index in [1.165, 1.54) is 5.56 Å². The molecule has 0 atom stereocenters. The third-order valence-corrected chi connectivity index (χ3v) is 3.13. The van der Waals surface area contributed by atoms with Gasteiger partial charge in [-0.1, -0.05) is 34.1 Å². The molecule has 2 nitrogen and oxygen atoms in total. The summed E-state index contributed by atoms with van der Waals surface area (Å²) in [4.78, 5) is 0. The molecule has 0 heterocycles. The minimum atomic E-state index is 0.500. The van der Waals surface area contributed by atoms with Crippen molar-refractivity contribution < 1.29 is 9.47 Å². The zero-order chi connectivity index (χ0) is 13.0. The van der Waals surface area contributed by atoms with Crippen molar-refractivity contribution in [3.63, 3.8) is 0 Å². The fraction of sp³-hybridized carbons (Fsp3) is 0.200. The van der Waals surface area contributed by atoms with Crippen molar-refractivity contribution in [1.82, 2.24) is 0 Å². The number of rotatable bonds is 4. The summed E-state index contributed by atoms with van der Waals surface area (Å²) >= 11 is 3.42. The van der Waals surface area contributed by atoms with Crippen molar-refractivity contribution in [3.05, 3.63) is 58.1 Å². The molecule has 2 aromatic rings. The average Bonchev–Trinajstić information content (AvgIpc) is 2.37. The van der Waals surface area contributed by atoms with E-state index in [0.29, 0.717) is 6.61 Å². The van der Waals surface area contributed by atoms with E-state index < -0.39 is 0 Å². The van der Waals surface area contributed by atoms with Crippen LogP contribution in [-0.2, 0) is 6.61 Å². The van der Waals surface area contributed by atoms with Crippen LogP contribution in [0.15, 0.2) is 46.9 Å². The standard InChI is InChI=1S/C15H15BrO2/c1-11-4-3-5-14(8-11)18-10-12-6-7-13(16)9-15(12)17-2/h3-9H,10H2,1-2H3. The van der Waals surface area contributed by atoms with E-state index in [4.69, 9.17) is 9.47 Å². The van der Waals surface area contributed by atoms with E-state index >= 15 is 0 Å². The summed E-state index contributed by atoms with van der Waals surface area (Å²) in [5.41, 5.74) is 2.22. The Morgan fingerprint density at radius 1 is 1.11 bits per heavy atom. The number of hydrogen-bond donors (Lipinski definition) is 0. The molecular weight excluding hydrogens is 292 g/mol. The van der Waals surface area contributed by atoms with E-state index in [1.807, 2.05) is 49.4 Å². The first-order chi connectivity index (χ1) is 8.69. The number of aryl methyl sites for hydroxylation is 1. The second-order valence-electron chi connectivity index (χ2n) is 4.06. The van der Waals surface area contributed by atoms with Crippen molar-refractivity contribution in [2.45, 2.75) is 13.5 Å². The lowest BCUT2D eigenvalue weighted by Gasteiger charge is -2.11. The molecule has 0 spiro atoms. The van der Waals surface area contributed by atoms with Gasteiger partial charge in [0.2, 0.25) is 0 Å². The molecule has 94 valence electrons. The van der Waals surface area contributed by atoms with Gasteiger partial charge in [-0.15, -0.1) is 0 Å². The van der Waals surface area contributed by atoms with Crippen LogP contribution in [0.25, 0.3) is 0 Å². The molecule has 0 radical (unpaired) electrons. The molecule has 0 aromatic heterocycles. The molecule has 0 unspecified atom stereocenters. The Hall–Kier alpha value is -1.48. The average molecular weight is 307 g/mol. The molecule has 0 aliphatic rings. The third-order valence-electron chi connectivity index (χ3n) is 2.63. The summed E-state index contributed by atoms with van der Waals surface area (Å²) in [6, 6.07) is 13.9. The van der Waals surface area contributed by atoms with Crippen molar-refractivity contribution in [1.29, 1.82) is 0 Å². The highest BCUT2D eigenvalue weighted by atomic mass is 79.9. The van der Waals surface area contributed by atoms with Gasteiger partial charge in [-0.3, -0.25) is 0 Å². The molecule has 3 heteroatoms. The number of ether oxygens (including phenoxy) is 2. The zero-order valence-corrected chi connectivity index (χ0v) is 12.0. The van der Waals surface area contributed by atoms with E-state index in [-0.39, 0.29) is 0 Å². The Kier molecular flexibility index (Phi) is 4.26. The predicted molar refractivity (Wildman–Crippen MR) is 76.2 cm³/mol. The number of halogens is 1. The molecule has 0 fully saturated rings. The van der Waals surface area contributed by atoms with Gasteiger partial charge in [0.1, 0.15) is 18.1 Å². The maximum atomic E-state index is 5.76. The molecule has 0 saturated carbocycles. The Bertz CT molecular complexity index is 538. The largest absolute Gasteiger partial charge is 0.496 e. The minimum Gasteiger partial charge on any atom is -0.496 e. The van der Waals surface area contributed by atoms with Crippen LogP contribution in [0.5, 0.6) is 11.5 Å². The third kappa shape index (κ3) is 3.26. The Balaban J connectivity index is 2.10. The van der Waals surface area contributed by atoms with Crippen LogP contribution in [0, 0.1) is 6.92 Å². The summed E-state index contributed by atoms with van der Waals surface area (Å²) in [7, 11) is 1.66. The summed E-state index contributed by atoms with van der Waals surface area (Å²) in [5, 5.41) is 0. The smallest absolute Gasteiger partial charge is 0.126 e. The van der Waals surface area contributed by atoms with Gasteiger partial charge in [-0.05, 0) is 36.8 Å². The van der Waals surface area contributed by atoms with Gasteiger partial charge >= 0.3 is 0 Å². The SMILES string of the molecule is COc1cc(Br)ccc1COc1cccc(C)c1. The fourth-order valence-electron chi connectivity index (χ4n) is 1.70. The van der Waals surface area contributed by atoms with E-state index in [0.717, 1.165) is 21.5 Å². The Morgan fingerprint density at radius 2 is 1.94 bits per heavy atom. The Labute approximate surface area is 116 Å². The maximum absolute atomic E-state index is 5.76. The number of methoxy groups -OCH3 is 1. The summed E-state index contributed by atoms with van der Waals surface area (Å²) < 4.78 is 12.1. The molecule has 0 aliphatic heterocycles. The van der Waals surface area contributed by atoms with Crippen molar-refractivity contribution in [2.75, 3.05) is 7.11 Å².